The highest BCUT2D eigenvalue weighted by Crippen LogP contribution is 2.32. The predicted octanol–water partition coefficient (Wildman–Crippen LogP) is 2.04. The molecule has 0 saturated heterocycles. The smallest absolute Gasteiger partial charge is 0.332 e. The van der Waals surface area contributed by atoms with Crippen LogP contribution in [0.25, 0.3) is 11.2 Å². The van der Waals surface area contributed by atoms with E-state index in [9.17, 15) is 18.0 Å². The van der Waals surface area contributed by atoms with Gasteiger partial charge in [0.2, 0.25) is 5.95 Å². The van der Waals surface area contributed by atoms with Crippen molar-refractivity contribution in [1.29, 1.82) is 0 Å². The van der Waals surface area contributed by atoms with Crippen molar-refractivity contribution in [3.63, 3.8) is 0 Å². The summed E-state index contributed by atoms with van der Waals surface area (Å²) in [6.45, 7) is 6.28. The second-order valence-electron chi connectivity index (χ2n) is 8.15. The van der Waals surface area contributed by atoms with Gasteiger partial charge < -0.3 is 15.2 Å². The maximum absolute atomic E-state index is 13.8. The van der Waals surface area contributed by atoms with Crippen LogP contribution < -0.4 is 26.5 Å². The number of rotatable bonds is 10. The zero-order chi connectivity index (χ0) is 25.2. The summed E-state index contributed by atoms with van der Waals surface area (Å²) in [5.74, 6) is -0.0281. The van der Waals surface area contributed by atoms with Crippen molar-refractivity contribution in [2.24, 2.45) is 5.92 Å². The van der Waals surface area contributed by atoms with Crippen LogP contribution in [0.3, 0.4) is 0 Å². The molecule has 3 aromatic rings. The van der Waals surface area contributed by atoms with Gasteiger partial charge in [-0.2, -0.15) is 8.96 Å². The SMILES string of the molecule is CCCCn1c(=O)c2c(nc(N)n2S(=O)(=O)c2cc(OC)ccc2OC)n(CC(C)CC)c1=O. The first-order valence-electron chi connectivity index (χ1n) is 11.1. The van der Waals surface area contributed by atoms with Gasteiger partial charge in [-0.1, -0.05) is 33.6 Å². The number of fused-ring (bicyclic) bond motifs is 1. The average Bonchev–Trinajstić information content (AvgIpc) is 3.18. The van der Waals surface area contributed by atoms with Crippen LogP contribution in [0, 0.1) is 5.92 Å². The Labute approximate surface area is 197 Å². The third-order valence-electron chi connectivity index (χ3n) is 5.82. The van der Waals surface area contributed by atoms with Gasteiger partial charge in [0, 0.05) is 19.2 Å². The zero-order valence-electron chi connectivity index (χ0n) is 20.1. The molecule has 3 rings (SSSR count). The third-order valence-corrected chi connectivity index (χ3v) is 7.55. The van der Waals surface area contributed by atoms with Crippen LogP contribution in [0.4, 0.5) is 5.95 Å². The molecule has 2 N–H and O–H groups in total. The summed E-state index contributed by atoms with van der Waals surface area (Å²) in [5, 5.41) is 0. The normalized spacial score (nSPS) is 12.7. The maximum atomic E-state index is 13.8. The number of methoxy groups -OCH3 is 2. The van der Waals surface area contributed by atoms with E-state index in [1.54, 1.807) is 6.07 Å². The number of imidazole rings is 1. The van der Waals surface area contributed by atoms with E-state index >= 15 is 0 Å². The molecule has 12 heteroatoms. The molecule has 0 aliphatic rings. The lowest BCUT2D eigenvalue weighted by Gasteiger charge is -2.16. The van der Waals surface area contributed by atoms with E-state index in [2.05, 4.69) is 4.98 Å². The lowest BCUT2D eigenvalue weighted by molar-refractivity contribution is 0.392. The Balaban J connectivity index is 2.44. The Morgan fingerprint density at radius 2 is 1.82 bits per heavy atom. The minimum absolute atomic E-state index is 0.0429. The van der Waals surface area contributed by atoms with Crippen LogP contribution in [0.2, 0.25) is 0 Å². The van der Waals surface area contributed by atoms with E-state index < -0.39 is 27.2 Å². The monoisotopic (exact) mass is 493 g/mol. The first-order valence-corrected chi connectivity index (χ1v) is 12.5. The van der Waals surface area contributed by atoms with Crippen LogP contribution in [-0.4, -0.2) is 40.7 Å². The number of nitrogen functional groups attached to an aromatic ring is 1. The molecule has 0 amide bonds. The van der Waals surface area contributed by atoms with Gasteiger partial charge >= 0.3 is 5.69 Å². The standard InChI is InChI=1S/C22H31N5O6S/c1-6-8-11-25-20(28)18-19(26(22(25)29)13-14(3)7-2)24-21(23)27(18)34(30,31)17-12-15(32-4)9-10-16(17)33-5/h9-10,12,14H,6-8,11,13H2,1-5H3,(H2,23,24). The van der Waals surface area contributed by atoms with Crippen molar-refractivity contribution in [3.05, 3.63) is 39.0 Å². The molecule has 1 aromatic carbocycles. The quantitative estimate of drug-likeness (QED) is 0.452. The van der Waals surface area contributed by atoms with E-state index in [1.165, 1.54) is 30.9 Å². The van der Waals surface area contributed by atoms with E-state index in [-0.39, 0.29) is 46.6 Å². The molecule has 34 heavy (non-hydrogen) atoms. The van der Waals surface area contributed by atoms with Gasteiger partial charge in [-0.3, -0.25) is 13.9 Å². The number of hydrogen-bond donors (Lipinski definition) is 1. The maximum Gasteiger partial charge on any atom is 0.332 e. The Bertz CT molecular complexity index is 1420. The number of unbranched alkanes of at least 4 members (excludes halogenated alkanes) is 1. The summed E-state index contributed by atoms with van der Waals surface area (Å²) >= 11 is 0. The lowest BCUT2D eigenvalue weighted by Crippen LogP contribution is -2.41. The van der Waals surface area contributed by atoms with Gasteiger partial charge in [-0.05, 0) is 24.5 Å². The van der Waals surface area contributed by atoms with Gasteiger partial charge in [-0.15, -0.1) is 0 Å². The first-order chi connectivity index (χ1) is 16.1. The number of anilines is 1. The van der Waals surface area contributed by atoms with Crippen molar-refractivity contribution in [1.82, 2.24) is 18.1 Å². The molecule has 0 radical (unpaired) electrons. The second kappa shape index (κ2) is 9.92. The summed E-state index contributed by atoms with van der Waals surface area (Å²) in [6.07, 6.45) is 2.09. The average molecular weight is 494 g/mol. The summed E-state index contributed by atoms with van der Waals surface area (Å²) in [7, 11) is -1.72. The fourth-order valence-corrected chi connectivity index (χ4v) is 5.23. The van der Waals surface area contributed by atoms with Crippen LogP contribution >= 0.6 is 0 Å². The number of aromatic nitrogens is 4. The Hall–Kier alpha value is -3.28. The molecule has 0 bridgehead atoms. The van der Waals surface area contributed by atoms with Gasteiger partial charge in [0.05, 0.1) is 14.2 Å². The summed E-state index contributed by atoms with van der Waals surface area (Å²) in [5.41, 5.74) is 4.44. The Kier molecular flexibility index (Phi) is 7.39. The number of ether oxygens (including phenoxy) is 2. The van der Waals surface area contributed by atoms with Crippen LogP contribution in [0.15, 0.2) is 32.7 Å². The van der Waals surface area contributed by atoms with Crippen molar-refractivity contribution in [2.45, 2.75) is 58.0 Å². The Morgan fingerprint density at radius 1 is 1.12 bits per heavy atom. The van der Waals surface area contributed by atoms with Gasteiger partial charge in [0.25, 0.3) is 15.6 Å². The fraction of sp³-hybridized carbons (Fsp3) is 0.500. The molecular weight excluding hydrogens is 462 g/mol. The zero-order valence-corrected chi connectivity index (χ0v) is 20.9. The van der Waals surface area contributed by atoms with Gasteiger partial charge in [0.1, 0.15) is 16.4 Å². The van der Waals surface area contributed by atoms with Crippen molar-refractivity contribution < 1.29 is 17.9 Å². The van der Waals surface area contributed by atoms with Gasteiger partial charge in [-0.25, -0.2) is 13.2 Å². The van der Waals surface area contributed by atoms with Crippen LogP contribution in [0.1, 0.15) is 40.0 Å². The highest BCUT2D eigenvalue weighted by atomic mass is 32.2. The molecule has 0 saturated carbocycles. The van der Waals surface area contributed by atoms with E-state index in [0.717, 1.165) is 17.4 Å². The minimum Gasteiger partial charge on any atom is -0.497 e. The van der Waals surface area contributed by atoms with Crippen molar-refractivity contribution in [3.8, 4) is 11.5 Å². The molecule has 0 aliphatic heterocycles. The van der Waals surface area contributed by atoms with Crippen molar-refractivity contribution in [2.75, 3.05) is 20.0 Å². The van der Waals surface area contributed by atoms with E-state index in [4.69, 9.17) is 15.2 Å². The molecule has 186 valence electrons. The molecule has 2 heterocycles. The van der Waals surface area contributed by atoms with Crippen LogP contribution in [-0.2, 0) is 23.1 Å². The minimum atomic E-state index is -4.46. The number of nitrogens with two attached hydrogens (primary N) is 1. The third kappa shape index (κ3) is 4.29. The number of benzene rings is 1. The summed E-state index contributed by atoms with van der Waals surface area (Å²) in [6, 6.07) is 4.28. The molecule has 2 aromatic heterocycles. The second-order valence-corrected chi connectivity index (χ2v) is 9.90. The van der Waals surface area contributed by atoms with E-state index in [1.807, 2.05) is 20.8 Å². The molecule has 0 fully saturated rings. The molecule has 0 aliphatic carbocycles. The highest BCUT2D eigenvalue weighted by Gasteiger charge is 2.31. The molecule has 0 spiro atoms. The highest BCUT2D eigenvalue weighted by molar-refractivity contribution is 7.90. The number of hydrogen-bond acceptors (Lipinski definition) is 8. The van der Waals surface area contributed by atoms with E-state index in [0.29, 0.717) is 10.4 Å². The largest absolute Gasteiger partial charge is 0.497 e. The Morgan fingerprint density at radius 3 is 2.41 bits per heavy atom. The predicted molar refractivity (Wildman–Crippen MR) is 129 cm³/mol. The fourth-order valence-electron chi connectivity index (χ4n) is 3.68. The van der Waals surface area contributed by atoms with Gasteiger partial charge in [0.15, 0.2) is 11.2 Å². The van der Waals surface area contributed by atoms with Crippen LogP contribution in [0.5, 0.6) is 11.5 Å². The molecule has 1 unspecified atom stereocenters. The summed E-state index contributed by atoms with van der Waals surface area (Å²) < 4.78 is 41.1. The first kappa shape index (κ1) is 25.3. The molecular formula is C22H31N5O6S. The number of nitrogens with zero attached hydrogens (tertiary/aromatic N) is 4. The van der Waals surface area contributed by atoms with Crippen molar-refractivity contribution >= 4 is 27.1 Å². The molecule has 1 atom stereocenters. The molecule has 11 nitrogen and oxygen atoms in total. The lowest BCUT2D eigenvalue weighted by atomic mass is 10.1. The summed E-state index contributed by atoms with van der Waals surface area (Å²) in [4.78, 5) is 30.6. The topological polar surface area (TPSA) is 140 Å².